The number of nitrogens with one attached hydrogen (secondary N) is 1. The van der Waals surface area contributed by atoms with Crippen LogP contribution in [0.15, 0.2) is 60.7 Å². The highest BCUT2D eigenvalue weighted by atomic mass is 16.5. The Labute approximate surface area is 230 Å². The number of hydrogen-bond donors (Lipinski definition) is 1. The van der Waals surface area contributed by atoms with Crippen molar-refractivity contribution in [3.05, 3.63) is 88.5 Å². The highest BCUT2D eigenvalue weighted by molar-refractivity contribution is 6.01. The van der Waals surface area contributed by atoms with E-state index in [9.17, 15) is 9.59 Å². The van der Waals surface area contributed by atoms with Gasteiger partial charge in [0.1, 0.15) is 0 Å². The average Bonchev–Trinajstić information content (AvgIpc) is 2.97. The molecule has 39 heavy (non-hydrogen) atoms. The number of aryl methyl sites for hydroxylation is 1. The van der Waals surface area contributed by atoms with Gasteiger partial charge in [-0.3, -0.25) is 9.59 Å². The summed E-state index contributed by atoms with van der Waals surface area (Å²) in [4.78, 5) is 30.0. The lowest BCUT2D eigenvalue weighted by molar-refractivity contribution is -0.125. The molecule has 0 radical (unpaired) electrons. The topological polar surface area (TPSA) is 77.1 Å². The summed E-state index contributed by atoms with van der Waals surface area (Å²) < 4.78 is 16.8. The van der Waals surface area contributed by atoms with Gasteiger partial charge in [-0.2, -0.15) is 0 Å². The van der Waals surface area contributed by atoms with E-state index < -0.39 is 12.0 Å². The molecular weight excluding hydrogens is 492 g/mol. The first-order chi connectivity index (χ1) is 19.0. The summed E-state index contributed by atoms with van der Waals surface area (Å²) in [5.74, 6) is 0.621. The third-order valence-electron chi connectivity index (χ3n) is 7.90. The van der Waals surface area contributed by atoms with Crippen LogP contribution in [0.1, 0.15) is 76.8 Å². The van der Waals surface area contributed by atoms with E-state index >= 15 is 0 Å². The summed E-state index contributed by atoms with van der Waals surface area (Å²) in [5, 5.41) is 3.38. The molecule has 1 heterocycles. The first kappa shape index (κ1) is 26.6. The van der Waals surface area contributed by atoms with Gasteiger partial charge in [0.15, 0.2) is 11.5 Å². The molecule has 1 aliphatic heterocycles. The average molecular weight is 529 g/mol. The quantitative estimate of drug-likeness (QED) is 0.412. The number of methoxy groups -OCH3 is 3. The van der Waals surface area contributed by atoms with Crippen molar-refractivity contribution in [2.75, 3.05) is 27.9 Å². The largest absolute Gasteiger partial charge is 0.493 e. The maximum Gasteiger partial charge on any atom is 0.254 e. The summed E-state index contributed by atoms with van der Waals surface area (Å²) in [6.07, 6.45) is 3.66. The summed E-state index contributed by atoms with van der Waals surface area (Å²) in [6.45, 7) is 2.54. The first-order valence-electron chi connectivity index (χ1n) is 13.6. The summed E-state index contributed by atoms with van der Waals surface area (Å²) in [7, 11) is 4.69. The molecule has 7 nitrogen and oxygen atoms in total. The second kappa shape index (κ2) is 11.4. The summed E-state index contributed by atoms with van der Waals surface area (Å²) in [6, 6.07) is 18.9. The van der Waals surface area contributed by atoms with Crippen LogP contribution in [0.5, 0.6) is 17.2 Å². The molecule has 3 aromatic carbocycles. The fourth-order valence-corrected chi connectivity index (χ4v) is 6.17. The molecule has 0 spiro atoms. The van der Waals surface area contributed by atoms with Crippen LogP contribution in [-0.2, 0) is 11.2 Å². The third-order valence-corrected chi connectivity index (χ3v) is 7.90. The number of ether oxygens (including phenoxy) is 3. The van der Waals surface area contributed by atoms with Crippen LogP contribution in [-0.4, -0.2) is 44.6 Å². The highest BCUT2D eigenvalue weighted by Gasteiger charge is 2.45. The molecule has 3 aromatic rings. The van der Waals surface area contributed by atoms with Crippen LogP contribution >= 0.6 is 0 Å². The smallest absolute Gasteiger partial charge is 0.254 e. The van der Waals surface area contributed by atoms with E-state index in [1.807, 2.05) is 54.3 Å². The maximum atomic E-state index is 14.4. The number of fused-ring (bicyclic) bond motifs is 2. The molecule has 3 atom stereocenters. The Morgan fingerprint density at radius 1 is 0.949 bits per heavy atom. The molecule has 2 amide bonds. The second-order valence-corrected chi connectivity index (χ2v) is 10.1. The van der Waals surface area contributed by atoms with Crippen molar-refractivity contribution in [2.24, 2.45) is 0 Å². The number of carbonyl (C=O) groups excluding carboxylic acids is 2. The van der Waals surface area contributed by atoms with Gasteiger partial charge in [-0.15, -0.1) is 0 Å². The van der Waals surface area contributed by atoms with Gasteiger partial charge in [0, 0.05) is 12.1 Å². The van der Waals surface area contributed by atoms with E-state index in [1.54, 1.807) is 21.3 Å². The van der Waals surface area contributed by atoms with Gasteiger partial charge in [-0.1, -0.05) is 49.4 Å². The number of nitrogens with zero attached hydrogens (tertiary/aromatic N) is 1. The monoisotopic (exact) mass is 528 g/mol. The van der Waals surface area contributed by atoms with Crippen molar-refractivity contribution in [3.8, 4) is 17.2 Å². The van der Waals surface area contributed by atoms with E-state index in [2.05, 4.69) is 23.5 Å². The predicted molar refractivity (Wildman–Crippen MR) is 150 cm³/mol. The Bertz CT molecular complexity index is 1350. The fourth-order valence-electron chi connectivity index (χ4n) is 6.17. The minimum Gasteiger partial charge on any atom is -0.493 e. The first-order valence-corrected chi connectivity index (χ1v) is 13.6. The van der Waals surface area contributed by atoms with Gasteiger partial charge in [-0.05, 0) is 66.1 Å². The molecule has 204 valence electrons. The van der Waals surface area contributed by atoms with Crippen molar-refractivity contribution >= 4 is 11.8 Å². The molecule has 0 saturated carbocycles. The van der Waals surface area contributed by atoms with E-state index in [4.69, 9.17) is 14.2 Å². The van der Waals surface area contributed by atoms with Gasteiger partial charge < -0.3 is 24.4 Å². The van der Waals surface area contributed by atoms with Crippen molar-refractivity contribution in [1.29, 1.82) is 0 Å². The minimum atomic E-state index is -0.623. The number of benzene rings is 3. The Kier molecular flexibility index (Phi) is 7.77. The SMILES string of the molecule is CCCN1C(=O)c2ccccc2C(C(=O)NC2CCCc3ccccc32)C1c1cc(OC)c(OC)c(OC)c1. The van der Waals surface area contributed by atoms with Crippen molar-refractivity contribution in [1.82, 2.24) is 10.2 Å². The molecular formula is C32H36N2O5. The number of amides is 2. The highest BCUT2D eigenvalue weighted by Crippen LogP contribution is 2.48. The Hall–Kier alpha value is -4.00. The lowest BCUT2D eigenvalue weighted by Crippen LogP contribution is -2.48. The van der Waals surface area contributed by atoms with Crippen LogP contribution in [0.4, 0.5) is 0 Å². The van der Waals surface area contributed by atoms with E-state index in [-0.39, 0.29) is 17.9 Å². The maximum absolute atomic E-state index is 14.4. The lowest BCUT2D eigenvalue weighted by Gasteiger charge is -2.42. The van der Waals surface area contributed by atoms with Gasteiger partial charge >= 0.3 is 0 Å². The Morgan fingerprint density at radius 2 is 1.62 bits per heavy atom. The van der Waals surface area contributed by atoms with Crippen LogP contribution in [0.2, 0.25) is 0 Å². The van der Waals surface area contributed by atoms with E-state index in [0.717, 1.165) is 36.8 Å². The van der Waals surface area contributed by atoms with Gasteiger partial charge in [0.25, 0.3) is 5.91 Å². The zero-order valence-corrected chi connectivity index (χ0v) is 23.0. The number of rotatable bonds is 8. The normalized spacial score (nSPS) is 20.1. The van der Waals surface area contributed by atoms with Gasteiger partial charge in [0.05, 0.1) is 39.3 Å². The zero-order valence-electron chi connectivity index (χ0n) is 23.0. The van der Waals surface area contributed by atoms with E-state index in [1.165, 1.54) is 11.1 Å². The molecule has 1 N–H and O–H groups in total. The lowest BCUT2D eigenvalue weighted by atomic mass is 9.78. The standard InChI is InChI=1S/C32H36N2O5/c1-5-17-34-29(21-18-26(37-2)30(39-4)27(19-21)38-3)28(23-14-8-9-15-24(23)32(34)36)31(35)33-25-16-10-12-20-11-6-7-13-22(20)25/h6-9,11,13-15,18-19,25,28-29H,5,10,12,16-17H2,1-4H3,(H,33,35). The summed E-state index contributed by atoms with van der Waals surface area (Å²) >= 11 is 0. The van der Waals surface area contributed by atoms with Crippen LogP contribution in [0.3, 0.4) is 0 Å². The van der Waals surface area contributed by atoms with Crippen LogP contribution in [0.25, 0.3) is 0 Å². The second-order valence-electron chi connectivity index (χ2n) is 10.1. The van der Waals surface area contributed by atoms with Crippen molar-refractivity contribution in [2.45, 2.75) is 50.6 Å². The molecule has 1 aliphatic carbocycles. The summed E-state index contributed by atoms with van der Waals surface area (Å²) in [5.41, 5.74) is 4.51. The van der Waals surface area contributed by atoms with Crippen molar-refractivity contribution < 1.29 is 23.8 Å². The zero-order chi connectivity index (χ0) is 27.5. The molecule has 2 aliphatic rings. The third kappa shape index (κ3) is 4.82. The van der Waals surface area contributed by atoms with Crippen LogP contribution in [0, 0.1) is 0 Å². The number of hydrogen-bond acceptors (Lipinski definition) is 5. The van der Waals surface area contributed by atoms with Crippen LogP contribution < -0.4 is 19.5 Å². The molecule has 0 fully saturated rings. The molecule has 0 bridgehead atoms. The Morgan fingerprint density at radius 3 is 2.28 bits per heavy atom. The molecule has 3 unspecified atom stereocenters. The minimum absolute atomic E-state index is 0.0764. The Balaban J connectivity index is 1.64. The van der Waals surface area contributed by atoms with Gasteiger partial charge in [0.2, 0.25) is 11.7 Å². The fraction of sp³-hybridized carbons (Fsp3) is 0.375. The molecule has 0 aromatic heterocycles. The molecule has 0 saturated heterocycles. The van der Waals surface area contributed by atoms with E-state index in [0.29, 0.717) is 29.4 Å². The number of carbonyl (C=O) groups is 2. The predicted octanol–water partition coefficient (Wildman–Crippen LogP) is 5.60. The van der Waals surface area contributed by atoms with Gasteiger partial charge in [-0.25, -0.2) is 0 Å². The molecule has 5 rings (SSSR count). The molecule has 7 heteroatoms. The van der Waals surface area contributed by atoms with Crippen molar-refractivity contribution in [3.63, 3.8) is 0 Å².